The normalized spacial score (nSPS) is 15.5. The minimum absolute atomic E-state index is 0.123. The molecule has 3 aromatic rings. The first-order valence-electron chi connectivity index (χ1n) is 13.1. The summed E-state index contributed by atoms with van der Waals surface area (Å²) in [5, 5.41) is 10.7. The van der Waals surface area contributed by atoms with E-state index in [1.54, 1.807) is 7.11 Å². The number of likely N-dealkylation sites (tertiary alicyclic amines) is 1. The smallest absolute Gasteiger partial charge is 0.303 e. The number of hydrogen-bond donors (Lipinski definition) is 2. The highest BCUT2D eigenvalue weighted by atomic mass is 32.2. The Morgan fingerprint density at radius 3 is 2.54 bits per heavy atom. The van der Waals surface area contributed by atoms with Gasteiger partial charge in [0, 0.05) is 35.3 Å². The Hall–Kier alpha value is -2.82. The van der Waals surface area contributed by atoms with E-state index >= 15 is 0 Å². The van der Waals surface area contributed by atoms with Gasteiger partial charge in [-0.3, -0.25) is 9.78 Å². The number of ether oxygens (including phenoxy) is 1. The topological polar surface area (TPSA) is 88.7 Å². The quantitative estimate of drug-likeness (QED) is 0.214. The van der Waals surface area contributed by atoms with Gasteiger partial charge in [0.05, 0.1) is 19.0 Å². The SMILES string of the molecule is COc1ccc2ncc(CN)c(CCCC3(CC(=O)O)CCN(CCSc4cc(F)c(F)c(F)c4)CC3)c2c1. The van der Waals surface area contributed by atoms with Crippen LogP contribution in [0, 0.1) is 22.9 Å². The fourth-order valence-corrected chi connectivity index (χ4v) is 6.46. The lowest BCUT2D eigenvalue weighted by molar-refractivity contribution is -0.140. The number of fused-ring (bicyclic) bond motifs is 1. The third kappa shape index (κ3) is 7.23. The van der Waals surface area contributed by atoms with Crippen LogP contribution in [-0.2, 0) is 17.8 Å². The predicted octanol–water partition coefficient (Wildman–Crippen LogP) is 5.79. The van der Waals surface area contributed by atoms with Crippen LogP contribution >= 0.6 is 11.8 Å². The molecule has 1 aliphatic rings. The van der Waals surface area contributed by atoms with Crippen molar-refractivity contribution in [2.45, 2.75) is 50.0 Å². The van der Waals surface area contributed by atoms with Gasteiger partial charge in [-0.2, -0.15) is 0 Å². The minimum atomic E-state index is -1.46. The van der Waals surface area contributed by atoms with Crippen molar-refractivity contribution in [1.82, 2.24) is 9.88 Å². The largest absolute Gasteiger partial charge is 0.497 e. The van der Waals surface area contributed by atoms with Crippen molar-refractivity contribution in [1.29, 1.82) is 0 Å². The third-order valence-corrected chi connectivity index (χ3v) is 8.66. The molecule has 0 amide bonds. The van der Waals surface area contributed by atoms with Crippen LogP contribution in [0.2, 0.25) is 0 Å². The molecule has 1 aliphatic heterocycles. The van der Waals surface area contributed by atoms with Gasteiger partial charge in [-0.15, -0.1) is 11.8 Å². The molecule has 2 heterocycles. The van der Waals surface area contributed by atoms with Gasteiger partial charge in [-0.25, -0.2) is 13.2 Å². The summed E-state index contributed by atoms with van der Waals surface area (Å²) in [6.45, 7) is 2.58. The van der Waals surface area contributed by atoms with E-state index in [4.69, 9.17) is 10.5 Å². The van der Waals surface area contributed by atoms with Crippen LogP contribution in [0.5, 0.6) is 5.75 Å². The van der Waals surface area contributed by atoms with Gasteiger partial charge < -0.3 is 20.5 Å². The Morgan fingerprint density at radius 1 is 1.18 bits per heavy atom. The summed E-state index contributed by atoms with van der Waals surface area (Å²) in [5.41, 5.74) is 8.73. The molecule has 2 aromatic carbocycles. The summed E-state index contributed by atoms with van der Waals surface area (Å²) in [7, 11) is 1.63. The van der Waals surface area contributed by atoms with E-state index < -0.39 is 23.4 Å². The molecule has 6 nitrogen and oxygen atoms in total. The molecular formula is C29H34F3N3O3S. The van der Waals surface area contributed by atoms with E-state index in [1.807, 2.05) is 24.4 Å². The van der Waals surface area contributed by atoms with Crippen molar-refractivity contribution in [3.05, 3.63) is 65.1 Å². The van der Waals surface area contributed by atoms with E-state index in [2.05, 4.69) is 9.88 Å². The molecule has 0 spiro atoms. The van der Waals surface area contributed by atoms with Crippen LogP contribution in [0.1, 0.15) is 43.2 Å². The molecular weight excluding hydrogens is 527 g/mol. The van der Waals surface area contributed by atoms with Crippen LogP contribution in [0.3, 0.4) is 0 Å². The number of carbonyl (C=O) groups is 1. The number of thioether (sulfide) groups is 1. The zero-order chi connectivity index (χ0) is 28.0. The van der Waals surface area contributed by atoms with E-state index in [-0.39, 0.29) is 11.8 Å². The number of rotatable bonds is 12. The summed E-state index contributed by atoms with van der Waals surface area (Å²) < 4.78 is 45.5. The first-order chi connectivity index (χ1) is 18.7. The number of halogens is 3. The summed E-state index contributed by atoms with van der Waals surface area (Å²) >= 11 is 1.27. The highest BCUT2D eigenvalue weighted by Crippen LogP contribution is 2.40. The van der Waals surface area contributed by atoms with Gasteiger partial charge in [-0.05, 0) is 92.1 Å². The van der Waals surface area contributed by atoms with Crippen molar-refractivity contribution in [3.8, 4) is 5.75 Å². The van der Waals surface area contributed by atoms with Crippen LogP contribution in [0.25, 0.3) is 10.9 Å². The number of aliphatic carboxylic acids is 1. The predicted molar refractivity (Wildman–Crippen MR) is 147 cm³/mol. The minimum Gasteiger partial charge on any atom is -0.497 e. The van der Waals surface area contributed by atoms with Crippen molar-refractivity contribution in [2.75, 3.05) is 32.5 Å². The van der Waals surface area contributed by atoms with Crippen LogP contribution in [0.15, 0.2) is 41.4 Å². The first-order valence-corrected chi connectivity index (χ1v) is 14.1. The molecule has 39 heavy (non-hydrogen) atoms. The fraction of sp³-hybridized carbons (Fsp3) is 0.448. The number of hydrogen-bond acceptors (Lipinski definition) is 6. The molecule has 1 saturated heterocycles. The molecule has 10 heteroatoms. The summed E-state index contributed by atoms with van der Waals surface area (Å²) in [5.74, 6) is -3.28. The van der Waals surface area contributed by atoms with E-state index in [0.717, 1.165) is 85.1 Å². The molecule has 1 fully saturated rings. The summed E-state index contributed by atoms with van der Waals surface area (Å²) in [6, 6.07) is 7.81. The maximum Gasteiger partial charge on any atom is 0.303 e. The molecule has 210 valence electrons. The lowest BCUT2D eigenvalue weighted by Crippen LogP contribution is -2.42. The van der Waals surface area contributed by atoms with Gasteiger partial charge in [0.1, 0.15) is 5.75 Å². The molecule has 0 unspecified atom stereocenters. The second-order valence-electron chi connectivity index (χ2n) is 10.2. The second kappa shape index (κ2) is 13.0. The van der Waals surface area contributed by atoms with Crippen LogP contribution in [0.4, 0.5) is 13.2 Å². The zero-order valence-corrected chi connectivity index (χ0v) is 22.8. The number of pyridine rings is 1. The molecule has 0 atom stereocenters. The van der Waals surface area contributed by atoms with Gasteiger partial charge >= 0.3 is 5.97 Å². The average Bonchev–Trinajstić information content (AvgIpc) is 2.92. The van der Waals surface area contributed by atoms with E-state index in [9.17, 15) is 23.1 Å². The van der Waals surface area contributed by atoms with Crippen molar-refractivity contribution < 1.29 is 27.8 Å². The second-order valence-corrected chi connectivity index (χ2v) is 11.3. The lowest BCUT2D eigenvalue weighted by Gasteiger charge is -2.41. The monoisotopic (exact) mass is 561 g/mol. The lowest BCUT2D eigenvalue weighted by atomic mass is 9.72. The van der Waals surface area contributed by atoms with Crippen molar-refractivity contribution >= 4 is 28.6 Å². The number of aromatic nitrogens is 1. The summed E-state index contributed by atoms with van der Waals surface area (Å²) in [4.78, 5) is 18.9. The number of nitrogens with two attached hydrogens (primary N) is 1. The van der Waals surface area contributed by atoms with Gasteiger partial charge in [0.15, 0.2) is 17.5 Å². The highest BCUT2D eigenvalue weighted by molar-refractivity contribution is 7.99. The van der Waals surface area contributed by atoms with Crippen molar-refractivity contribution in [3.63, 3.8) is 0 Å². The molecule has 1 aromatic heterocycles. The zero-order valence-electron chi connectivity index (χ0n) is 22.0. The van der Waals surface area contributed by atoms with Crippen LogP contribution < -0.4 is 10.5 Å². The molecule has 0 bridgehead atoms. The Morgan fingerprint density at radius 2 is 1.90 bits per heavy atom. The number of carboxylic acids is 1. The number of piperidine rings is 1. The number of nitrogens with zero attached hydrogens (tertiary/aromatic N) is 2. The molecule has 4 rings (SSSR count). The standard InChI is InChI=1S/C29H34F3N3O3S/c1-38-20-4-5-26-23(13-20)22(19(17-33)18-34-26)3-2-6-29(16-27(36)37)7-9-35(10-8-29)11-12-39-21-14-24(30)28(32)25(31)15-21/h4-5,13-15,18H,2-3,6-12,16-17,33H2,1H3,(H,36,37). The summed E-state index contributed by atoms with van der Waals surface area (Å²) in [6.07, 6.45) is 5.85. The highest BCUT2D eigenvalue weighted by Gasteiger charge is 2.36. The fourth-order valence-electron chi connectivity index (χ4n) is 5.50. The number of methoxy groups -OCH3 is 1. The molecule has 0 radical (unpaired) electrons. The molecule has 3 N–H and O–H groups in total. The third-order valence-electron chi connectivity index (χ3n) is 7.71. The Balaban J connectivity index is 1.36. The Bertz CT molecular complexity index is 1290. The van der Waals surface area contributed by atoms with E-state index in [0.29, 0.717) is 23.7 Å². The van der Waals surface area contributed by atoms with Crippen molar-refractivity contribution in [2.24, 2.45) is 11.1 Å². The average molecular weight is 562 g/mol. The number of carboxylic acid groups (broad SMARTS) is 1. The number of aryl methyl sites for hydroxylation is 1. The maximum atomic E-state index is 13.5. The Labute approximate surface area is 230 Å². The van der Waals surface area contributed by atoms with Gasteiger partial charge in [-0.1, -0.05) is 0 Å². The first kappa shape index (κ1) is 29.2. The van der Waals surface area contributed by atoms with Gasteiger partial charge in [0.25, 0.3) is 0 Å². The van der Waals surface area contributed by atoms with Gasteiger partial charge in [0.2, 0.25) is 0 Å². The number of benzene rings is 2. The molecule has 0 aliphatic carbocycles. The molecule has 0 saturated carbocycles. The van der Waals surface area contributed by atoms with E-state index in [1.165, 1.54) is 11.8 Å². The van der Waals surface area contributed by atoms with Crippen LogP contribution in [-0.4, -0.2) is 53.5 Å². The maximum absolute atomic E-state index is 13.5. The Kier molecular flexibility index (Phi) is 9.74.